The third-order valence-electron chi connectivity index (χ3n) is 4.38. The minimum Gasteiger partial charge on any atom is -0.479 e. The van der Waals surface area contributed by atoms with E-state index >= 15 is 0 Å². The normalized spacial score (nSPS) is 15.3. The maximum absolute atomic E-state index is 13.0. The van der Waals surface area contributed by atoms with Gasteiger partial charge in [0, 0.05) is 0 Å². The summed E-state index contributed by atoms with van der Waals surface area (Å²) in [5.41, 5.74) is 1.47. The average Bonchev–Trinajstić information content (AvgIpc) is 2.70. The van der Waals surface area contributed by atoms with Crippen LogP contribution < -0.4 is 15.0 Å². The zero-order valence-corrected chi connectivity index (χ0v) is 18.5. The number of aliphatic carboxylic acids is 1. The molecule has 1 saturated heterocycles. The van der Waals surface area contributed by atoms with Crippen molar-refractivity contribution < 1.29 is 29.0 Å². The van der Waals surface area contributed by atoms with Crippen molar-refractivity contribution in [1.29, 1.82) is 0 Å². The molecule has 3 rings (SSSR count). The fourth-order valence-corrected chi connectivity index (χ4v) is 3.86. The van der Waals surface area contributed by atoms with Crippen LogP contribution in [0.25, 0.3) is 6.08 Å². The molecule has 0 radical (unpaired) electrons. The number of aryl methyl sites for hydroxylation is 1. The molecule has 0 atom stereocenters. The minimum absolute atomic E-state index is 0.0780. The highest BCUT2D eigenvalue weighted by Gasteiger charge is 2.36. The van der Waals surface area contributed by atoms with Gasteiger partial charge in [0.05, 0.1) is 15.2 Å². The lowest BCUT2D eigenvalue weighted by atomic mass is 10.1. The van der Waals surface area contributed by atoms with Gasteiger partial charge in [-0.15, -0.1) is 0 Å². The molecular weight excluding hydrogens is 492 g/mol. The van der Waals surface area contributed by atoms with Gasteiger partial charge in [-0.1, -0.05) is 30.7 Å². The SMILES string of the molecule is CCc1ccc(N2C(=O)NC(=O)/C(=C/c3cc(Cl)c(OCC(=O)O)c(Br)c3)C2=O)cc1. The summed E-state index contributed by atoms with van der Waals surface area (Å²) in [4.78, 5) is 49.2. The van der Waals surface area contributed by atoms with Gasteiger partial charge < -0.3 is 9.84 Å². The Labute approximate surface area is 190 Å². The van der Waals surface area contributed by atoms with Crippen LogP contribution in [-0.4, -0.2) is 35.5 Å². The molecule has 31 heavy (non-hydrogen) atoms. The number of barbiturate groups is 1. The van der Waals surface area contributed by atoms with E-state index in [0.29, 0.717) is 15.7 Å². The average molecular weight is 508 g/mol. The molecule has 0 unspecified atom stereocenters. The molecule has 0 aliphatic carbocycles. The first-order chi connectivity index (χ1) is 14.7. The van der Waals surface area contributed by atoms with Gasteiger partial charge in [0.2, 0.25) is 0 Å². The van der Waals surface area contributed by atoms with Crippen LogP contribution in [0.1, 0.15) is 18.1 Å². The van der Waals surface area contributed by atoms with E-state index in [1.807, 2.05) is 6.92 Å². The number of carboxylic acid groups (broad SMARTS) is 1. The van der Waals surface area contributed by atoms with Gasteiger partial charge in [0.25, 0.3) is 11.8 Å². The lowest BCUT2D eigenvalue weighted by molar-refractivity contribution is -0.139. The standard InChI is InChI=1S/C21H16BrClN2O6/c1-2-11-3-5-13(6-4-11)25-20(29)14(19(28)24-21(25)30)7-12-8-15(22)18(16(23)9-12)31-10-17(26)27/h3-9H,2,10H2,1H3,(H,26,27)(H,24,28,30)/b14-7-. The Morgan fingerprint density at radius 2 is 1.90 bits per heavy atom. The van der Waals surface area contributed by atoms with E-state index < -0.39 is 30.4 Å². The number of urea groups is 1. The topological polar surface area (TPSA) is 113 Å². The van der Waals surface area contributed by atoms with Crippen molar-refractivity contribution in [2.75, 3.05) is 11.5 Å². The molecule has 0 aromatic heterocycles. The van der Waals surface area contributed by atoms with Gasteiger partial charge in [0.15, 0.2) is 12.4 Å². The van der Waals surface area contributed by atoms with E-state index in [1.165, 1.54) is 18.2 Å². The highest BCUT2D eigenvalue weighted by Crippen LogP contribution is 2.35. The quantitative estimate of drug-likeness (QED) is 0.454. The fourth-order valence-electron chi connectivity index (χ4n) is 2.87. The van der Waals surface area contributed by atoms with Crippen molar-refractivity contribution in [3.05, 3.63) is 62.6 Å². The Morgan fingerprint density at radius 1 is 1.23 bits per heavy atom. The van der Waals surface area contributed by atoms with Crippen LogP contribution in [0.3, 0.4) is 0 Å². The summed E-state index contributed by atoms with van der Waals surface area (Å²) < 4.78 is 5.46. The van der Waals surface area contributed by atoms with Gasteiger partial charge in [-0.2, -0.15) is 0 Å². The Kier molecular flexibility index (Phi) is 6.77. The third kappa shape index (κ3) is 4.95. The van der Waals surface area contributed by atoms with Crippen molar-refractivity contribution in [3.8, 4) is 5.75 Å². The Bertz CT molecular complexity index is 1090. The van der Waals surface area contributed by atoms with Gasteiger partial charge in [-0.25, -0.2) is 14.5 Å². The molecular formula is C21H16BrClN2O6. The summed E-state index contributed by atoms with van der Waals surface area (Å²) in [5.74, 6) is -2.68. The number of nitrogens with one attached hydrogen (secondary N) is 1. The van der Waals surface area contributed by atoms with Gasteiger partial charge >= 0.3 is 12.0 Å². The zero-order chi connectivity index (χ0) is 22.7. The number of imide groups is 2. The number of hydrogen-bond donors (Lipinski definition) is 2. The second-order valence-electron chi connectivity index (χ2n) is 6.47. The molecule has 4 amide bonds. The lowest BCUT2D eigenvalue weighted by Gasteiger charge is -2.26. The number of carbonyl (C=O) groups excluding carboxylic acids is 3. The molecule has 2 aromatic carbocycles. The summed E-state index contributed by atoms with van der Waals surface area (Å²) in [6, 6.07) is 8.93. The summed E-state index contributed by atoms with van der Waals surface area (Å²) in [6.07, 6.45) is 2.08. The van der Waals surface area contributed by atoms with Crippen molar-refractivity contribution >= 4 is 63.1 Å². The van der Waals surface area contributed by atoms with E-state index in [-0.39, 0.29) is 16.3 Å². The Morgan fingerprint density at radius 3 is 2.48 bits per heavy atom. The second-order valence-corrected chi connectivity index (χ2v) is 7.74. The molecule has 1 aliphatic heterocycles. The number of carbonyl (C=O) groups is 4. The zero-order valence-electron chi connectivity index (χ0n) is 16.1. The van der Waals surface area contributed by atoms with E-state index in [2.05, 4.69) is 21.2 Å². The van der Waals surface area contributed by atoms with Crippen molar-refractivity contribution in [1.82, 2.24) is 5.32 Å². The highest BCUT2D eigenvalue weighted by atomic mass is 79.9. The number of halogens is 2. The number of anilines is 1. The fraction of sp³-hybridized carbons (Fsp3) is 0.143. The van der Waals surface area contributed by atoms with Gasteiger partial charge in [-0.3, -0.25) is 14.9 Å². The maximum atomic E-state index is 13.0. The summed E-state index contributed by atoms with van der Waals surface area (Å²) >= 11 is 9.39. The number of amides is 4. The molecule has 1 fully saturated rings. The molecule has 2 aromatic rings. The maximum Gasteiger partial charge on any atom is 0.341 e. The van der Waals surface area contributed by atoms with Crippen molar-refractivity contribution in [3.63, 3.8) is 0 Å². The number of ether oxygens (including phenoxy) is 1. The Balaban J connectivity index is 1.95. The molecule has 10 heteroatoms. The van der Waals surface area contributed by atoms with E-state index in [0.717, 1.165) is 16.9 Å². The predicted molar refractivity (Wildman–Crippen MR) is 117 cm³/mol. The number of benzene rings is 2. The number of nitrogens with zero attached hydrogens (tertiary/aromatic N) is 1. The van der Waals surface area contributed by atoms with Gasteiger partial charge in [0.1, 0.15) is 5.57 Å². The van der Waals surface area contributed by atoms with Crippen molar-refractivity contribution in [2.24, 2.45) is 0 Å². The van der Waals surface area contributed by atoms with Gasteiger partial charge in [-0.05, 0) is 63.8 Å². The molecule has 160 valence electrons. The minimum atomic E-state index is -1.17. The van der Waals surface area contributed by atoms with Crippen LogP contribution in [0.5, 0.6) is 5.75 Å². The van der Waals surface area contributed by atoms with Crippen LogP contribution in [0.15, 0.2) is 46.4 Å². The smallest absolute Gasteiger partial charge is 0.341 e. The highest BCUT2D eigenvalue weighted by molar-refractivity contribution is 9.10. The van der Waals surface area contributed by atoms with E-state index in [9.17, 15) is 19.2 Å². The van der Waals surface area contributed by atoms with E-state index in [4.69, 9.17) is 21.4 Å². The predicted octanol–water partition coefficient (Wildman–Crippen LogP) is 3.79. The van der Waals surface area contributed by atoms with E-state index in [1.54, 1.807) is 24.3 Å². The summed E-state index contributed by atoms with van der Waals surface area (Å²) in [5, 5.41) is 11.0. The number of carboxylic acids is 1. The van der Waals surface area contributed by atoms with Crippen LogP contribution >= 0.6 is 27.5 Å². The molecule has 0 bridgehead atoms. The Hall–Kier alpha value is -3.17. The lowest BCUT2D eigenvalue weighted by Crippen LogP contribution is -2.54. The molecule has 2 N–H and O–H groups in total. The number of hydrogen-bond acceptors (Lipinski definition) is 5. The van der Waals surface area contributed by atoms with Crippen LogP contribution in [0.4, 0.5) is 10.5 Å². The molecule has 0 spiro atoms. The largest absolute Gasteiger partial charge is 0.479 e. The van der Waals surface area contributed by atoms with Crippen LogP contribution in [-0.2, 0) is 20.8 Å². The number of rotatable bonds is 6. The first-order valence-corrected chi connectivity index (χ1v) is 10.2. The first-order valence-electron chi connectivity index (χ1n) is 9.05. The molecule has 1 heterocycles. The first kappa shape index (κ1) is 22.5. The summed E-state index contributed by atoms with van der Waals surface area (Å²) in [6.45, 7) is 1.39. The second kappa shape index (κ2) is 9.32. The van der Waals surface area contributed by atoms with Crippen LogP contribution in [0.2, 0.25) is 5.02 Å². The summed E-state index contributed by atoms with van der Waals surface area (Å²) in [7, 11) is 0. The van der Waals surface area contributed by atoms with Crippen molar-refractivity contribution in [2.45, 2.75) is 13.3 Å². The molecule has 8 nitrogen and oxygen atoms in total. The molecule has 0 saturated carbocycles. The monoisotopic (exact) mass is 506 g/mol. The molecule has 1 aliphatic rings. The van der Waals surface area contributed by atoms with Crippen LogP contribution in [0, 0.1) is 0 Å². The third-order valence-corrected chi connectivity index (χ3v) is 5.25.